The summed E-state index contributed by atoms with van der Waals surface area (Å²) in [7, 11) is 5.38. The van der Waals surface area contributed by atoms with Crippen molar-refractivity contribution in [3.05, 3.63) is 30.5 Å². The molecule has 130 valence electrons. The number of ether oxygens (including phenoxy) is 2. The van der Waals surface area contributed by atoms with Crippen molar-refractivity contribution >= 4 is 17.5 Å². The van der Waals surface area contributed by atoms with Gasteiger partial charge in [-0.15, -0.1) is 0 Å². The molecular weight excluding hydrogens is 306 g/mol. The van der Waals surface area contributed by atoms with E-state index in [4.69, 9.17) is 9.47 Å². The van der Waals surface area contributed by atoms with E-state index >= 15 is 0 Å². The summed E-state index contributed by atoms with van der Waals surface area (Å²) in [4.78, 5) is 8.56. The third kappa shape index (κ3) is 4.99. The molecule has 7 nitrogen and oxygen atoms in total. The predicted molar refractivity (Wildman–Crippen MR) is 96.5 cm³/mol. The smallest absolute Gasteiger partial charge is 0.229 e. The zero-order valence-corrected chi connectivity index (χ0v) is 14.6. The minimum Gasteiger partial charge on any atom is -0.493 e. The van der Waals surface area contributed by atoms with Crippen molar-refractivity contribution < 1.29 is 9.47 Å². The van der Waals surface area contributed by atoms with Crippen LogP contribution >= 0.6 is 0 Å². The first kappa shape index (κ1) is 17.8. The molecule has 1 aromatic heterocycles. The van der Waals surface area contributed by atoms with Crippen LogP contribution in [0.1, 0.15) is 13.3 Å². The van der Waals surface area contributed by atoms with Gasteiger partial charge in [-0.2, -0.15) is 4.98 Å². The zero-order valence-electron chi connectivity index (χ0n) is 14.6. The van der Waals surface area contributed by atoms with E-state index in [-0.39, 0.29) is 6.10 Å². The lowest BCUT2D eigenvalue weighted by atomic mass is 10.2. The molecule has 2 rings (SSSR count). The molecule has 0 saturated heterocycles. The minimum absolute atomic E-state index is 0.0745. The van der Waals surface area contributed by atoms with E-state index in [1.807, 2.05) is 39.2 Å². The van der Waals surface area contributed by atoms with E-state index in [0.717, 1.165) is 24.5 Å². The number of anilines is 3. The first-order chi connectivity index (χ1) is 11.7. The van der Waals surface area contributed by atoms with Gasteiger partial charge >= 0.3 is 0 Å². The number of nitrogens with one attached hydrogen (secondary N) is 3. The van der Waals surface area contributed by atoms with Gasteiger partial charge in [0.2, 0.25) is 5.95 Å². The average molecular weight is 331 g/mol. The molecule has 0 aliphatic rings. The Morgan fingerprint density at radius 3 is 2.71 bits per heavy atom. The van der Waals surface area contributed by atoms with Gasteiger partial charge in [-0.05, 0) is 45.1 Å². The van der Waals surface area contributed by atoms with Gasteiger partial charge in [0.25, 0.3) is 0 Å². The molecule has 0 aliphatic carbocycles. The van der Waals surface area contributed by atoms with Crippen molar-refractivity contribution in [3.63, 3.8) is 0 Å². The first-order valence-corrected chi connectivity index (χ1v) is 7.93. The van der Waals surface area contributed by atoms with Crippen LogP contribution in [0.4, 0.5) is 17.5 Å². The fourth-order valence-electron chi connectivity index (χ4n) is 2.16. The fourth-order valence-corrected chi connectivity index (χ4v) is 2.16. The van der Waals surface area contributed by atoms with Crippen LogP contribution in [0.15, 0.2) is 30.5 Å². The third-order valence-electron chi connectivity index (χ3n) is 3.46. The van der Waals surface area contributed by atoms with Gasteiger partial charge in [0, 0.05) is 25.0 Å². The number of methoxy groups -OCH3 is 1. The second kappa shape index (κ2) is 8.93. The number of hydrogen-bond donors (Lipinski definition) is 3. The number of nitrogens with zero attached hydrogens (tertiary/aromatic N) is 2. The Morgan fingerprint density at radius 1 is 1.17 bits per heavy atom. The number of rotatable bonds is 9. The lowest BCUT2D eigenvalue weighted by molar-refractivity contribution is 0.202. The van der Waals surface area contributed by atoms with Gasteiger partial charge in [0.05, 0.1) is 13.2 Å². The summed E-state index contributed by atoms with van der Waals surface area (Å²) in [5.41, 5.74) is 0.833. The van der Waals surface area contributed by atoms with Crippen LogP contribution in [0, 0.1) is 0 Å². The third-order valence-corrected chi connectivity index (χ3v) is 3.46. The van der Waals surface area contributed by atoms with Gasteiger partial charge in [-0.1, -0.05) is 0 Å². The summed E-state index contributed by atoms with van der Waals surface area (Å²) in [6, 6.07) is 7.46. The highest BCUT2D eigenvalue weighted by atomic mass is 16.5. The first-order valence-electron chi connectivity index (χ1n) is 7.93. The lowest BCUT2D eigenvalue weighted by Crippen LogP contribution is -2.19. The number of hydrogen-bond acceptors (Lipinski definition) is 7. The van der Waals surface area contributed by atoms with E-state index in [1.165, 1.54) is 0 Å². The maximum absolute atomic E-state index is 6.00. The summed E-state index contributed by atoms with van der Waals surface area (Å²) in [5.74, 6) is 2.65. The fraction of sp³-hybridized carbons (Fsp3) is 0.412. The van der Waals surface area contributed by atoms with Crippen molar-refractivity contribution in [2.24, 2.45) is 0 Å². The molecular formula is C17H25N5O2. The van der Waals surface area contributed by atoms with Gasteiger partial charge < -0.3 is 25.4 Å². The van der Waals surface area contributed by atoms with E-state index in [1.54, 1.807) is 19.4 Å². The van der Waals surface area contributed by atoms with Crippen LogP contribution in [0.3, 0.4) is 0 Å². The summed E-state index contributed by atoms with van der Waals surface area (Å²) in [5, 5.41) is 9.29. The molecule has 0 fully saturated rings. The Bertz CT molecular complexity index is 651. The van der Waals surface area contributed by atoms with Crippen molar-refractivity contribution in [1.29, 1.82) is 0 Å². The molecule has 1 atom stereocenters. The number of benzene rings is 1. The molecule has 0 aliphatic heterocycles. The van der Waals surface area contributed by atoms with E-state index in [2.05, 4.69) is 25.9 Å². The largest absolute Gasteiger partial charge is 0.493 e. The summed E-state index contributed by atoms with van der Waals surface area (Å²) < 4.78 is 11.4. The maximum Gasteiger partial charge on any atom is 0.229 e. The van der Waals surface area contributed by atoms with Crippen molar-refractivity contribution in [2.75, 3.05) is 38.4 Å². The molecule has 1 heterocycles. The number of aromatic nitrogens is 2. The SMILES string of the molecule is CNCCC(C)Oc1cc(Nc2nccc(NC)n2)ccc1OC. The van der Waals surface area contributed by atoms with Crippen LogP contribution in [0.5, 0.6) is 11.5 Å². The van der Waals surface area contributed by atoms with Gasteiger partial charge in [0.15, 0.2) is 11.5 Å². The average Bonchev–Trinajstić information content (AvgIpc) is 2.60. The Morgan fingerprint density at radius 2 is 2.00 bits per heavy atom. The van der Waals surface area contributed by atoms with E-state index in [0.29, 0.717) is 17.4 Å². The Labute approximate surface area is 142 Å². The second-order valence-electron chi connectivity index (χ2n) is 5.33. The Hall–Kier alpha value is -2.54. The van der Waals surface area contributed by atoms with Gasteiger partial charge in [-0.3, -0.25) is 0 Å². The highest BCUT2D eigenvalue weighted by Crippen LogP contribution is 2.32. The van der Waals surface area contributed by atoms with Crippen LogP contribution in [0.25, 0.3) is 0 Å². The Balaban J connectivity index is 2.14. The van der Waals surface area contributed by atoms with E-state index < -0.39 is 0 Å². The van der Waals surface area contributed by atoms with Gasteiger partial charge in [0.1, 0.15) is 5.82 Å². The van der Waals surface area contributed by atoms with Crippen LogP contribution in [0.2, 0.25) is 0 Å². The molecule has 1 aromatic carbocycles. The maximum atomic E-state index is 6.00. The molecule has 7 heteroatoms. The molecule has 0 spiro atoms. The predicted octanol–water partition coefficient (Wildman–Crippen LogP) is 2.65. The highest BCUT2D eigenvalue weighted by Gasteiger charge is 2.11. The van der Waals surface area contributed by atoms with Crippen LogP contribution in [-0.4, -0.2) is 43.8 Å². The van der Waals surface area contributed by atoms with Crippen molar-refractivity contribution in [1.82, 2.24) is 15.3 Å². The summed E-state index contributed by atoms with van der Waals surface area (Å²) in [6.07, 6.45) is 2.68. The molecule has 3 N–H and O–H groups in total. The molecule has 0 radical (unpaired) electrons. The van der Waals surface area contributed by atoms with Crippen molar-refractivity contribution in [3.8, 4) is 11.5 Å². The normalized spacial score (nSPS) is 11.7. The topological polar surface area (TPSA) is 80.3 Å². The van der Waals surface area contributed by atoms with Crippen molar-refractivity contribution in [2.45, 2.75) is 19.4 Å². The van der Waals surface area contributed by atoms with Crippen LogP contribution < -0.4 is 25.4 Å². The molecule has 0 bridgehead atoms. The molecule has 0 saturated carbocycles. The standard InChI is InChI=1S/C17H25N5O2/c1-12(7-9-18-2)24-15-11-13(5-6-14(15)23-4)21-17-20-10-8-16(19-3)22-17/h5-6,8,10-12,18H,7,9H2,1-4H3,(H2,19,20,21,22). The lowest BCUT2D eigenvalue weighted by Gasteiger charge is -2.18. The summed E-state index contributed by atoms with van der Waals surface area (Å²) >= 11 is 0. The summed E-state index contributed by atoms with van der Waals surface area (Å²) in [6.45, 7) is 2.93. The zero-order chi connectivity index (χ0) is 17.4. The molecule has 1 unspecified atom stereocenters. The van der Waals surface area contributed by atoms with Gasteiger partial charge in [-0.25, -0.2) is 4.98 Å². The molecule has 24 heavy (non-hydrogen) atoms. The molecule has 0 amide bonds. The quantitative estimate of drug-likeness (QED) is 0.652. The monoisotopic (exact) mass is 331 g/mol. The Kier molecular flexibility index (Phi) is 6.62. The second-order valence-corrected chi connectivity index (χ2v) is 5.33. The van der Waals surface area contributed by atoms with E-state index in [9.17, 15) is 0 Å². The van der Waals surface area contributed by atoms with Crippen LogP contribution in [-0.2, 0) is 0 Å². The highest BCUT2D eigenvalue weighted by molar-refractivity contribution is 5.60. The minimum atomic E-state index is 0.0745. The molecule has 2 aromatic rings.